The average molecular weight is 391 g/mol. The van der Waals surface area contributed by atoms with E-state index in [-0.39, 0.29) is 10.8 Å². The number of carbonyl (C=O) groups excluding carboxylic acids is 2. The van der Waals surface area contributed by atoms with Crippen LogP contribution in [0.25, 0.3) is 0 Å². The van der Waals surface area contributed by atoms with Crippen LogP contribution >= 0.6 is 11.8 Å². The number of amides is 2. The Morgan fingerprint density at radius 3 is 2.69 bits per heavy atom. The van der Waals surface area contributed by atoms with Gasteiger partial charge in [0, 0.05) is 30.2 Å². The summed E-state index contributed by atoms with van der Waals surface area (Å²) in [5, 5.41) is 5.42. The molecular weight excluding hydrogens is 374 g/mol. The number of carbonyl (C=O) groups is 2. The first-order chi connectivity index (χ1) is 12.3. The van der Waals surface area contributed by atoms with Crippen molar-refractivity contribution in [2.45, 2.75) is 9.79 Å². The second kappa shape index (κ2) is 7.10. The van der Waals surface area contributed by atoms with E-state index in [0.29, 0.717) is 22.7 Å². The number of nitrogens with one attached hydrogen (secondary N) is 2. The van der Waals surface area contributed by atoms with Crippen LogP contribution in [0.2, 0.25) is 0 Å². The van der Waals surface area contributed by atoms with Crippen LogP contribution in [0.15, 0.2) is 52.3 Å². The van der Waals surface area contributed by atoms with E-state index in [1.165, 1.54) is 38.0 Å². The summed E-state index contributed by atoms with van der Waals surface area (Å²) in [5.74, 6) is -0.148. The standard InChI is InChI=1S/C17H17N3O4S2/c1-20(2)26(23,24)13-5-3-4-12(9-13)18-17(22)11-6-7-15-14(8-11)19-16(21)10-25-15/h3-9H,10H2,1-2H3,(H,18,22)(H,19,21). The minimum Gasteiger partial charge on any atom is -0.324 e. The molecule has 26 heavy (non-hydrogen) atoms. The Kier molecular flexibility index (Phi) is 5.03. The van der Waals surface area contributed by atoms with Crippen molar-refractivity contribution in [3.63, 3.8) is 0 Å². The van der Waals surface area contributed by atoms with Gasteiger partial charge in [0.05, 0.1) is 16.3 Å². The molecule has 0 atom stereocenters. The maximum Gasteiger partial charge on any atom is 0.255 e. The van der Waals surface area contributed by atoms with Crippen molar-refractivity contribution < 1.29 is 18.0 Å². The van der Waals surface area contributed by atoms with Gasteiger partial charge in [-0.25, -0.2) is 12.7 Å². The lowest BCUT2D eigenvalue weighted by molar-refractivity contribution is -0.113. The summed E-state index contributed by atoms with van der Waals surface area (Å²) in [6.07, 6.45) is 0. The fourth-order valence-corrected chi connectivity index (χ4v) is 4.11. The molecule has 1 aliphatic heterocycles. The molecule has 9 heteroatoms. The molecule has 0 aromatic heterocycles. The quantitative estimate of drug-likeness (QED) is 0.833. The SMILES string of the molecule is CN(C)S(=O)(=O)c1cccc(NC(=O)c2ccc3c(c2)NC(=O)CS3)c1. The molecule has 2 amide bonds. The second-order valence-corrected chi connectivity index (χ2v) is 8.99. The smallest absolute Gasteiger partial charge is 0.255 e. The van der Waals surface area contributed by atoms with Crippen molar-refractivity contribution in [3.8, 4) is 0 Å². The monoisotopic (exact) mass is 391 g/mol. The molecule has 1 aliphatic rings. The number of fused-ring (bicyclic) bond motifs is 1. The van der Waals surface area contributed by atoms with E-state index in [2.05, 4.69) is 10.6 Å². The van der Waals surface area contributed by atoms with Gasteiger partial charge in [-0.1, -0.05) is 6.07 Å². The van der Waals surface area contributed by atoms with Crippen molar-refractivity contribution in [2.24, 2.45) is 0 Å². The van der Waals surface area contributed by atoms with Gasteiger partial charge < -0.3 is 10.6 Å². The summed E-state index contributed by atoms with van der Waals surface area (Å²) < 4.78 is 25.5. The van der Waals surface area contributed by atoms with Gasteiger partial charge in [-0.05, 0) is 36.4 Å². The second-order valence-electron chi connectivity index (χ2n) is 5.82. The minimum atomic E-state index is -3.59. The highest BCUT2D eigenvalue weighted by molar-refractivity contribution is 8.00. The molecule has 2 aromatic carbocycles. The van der Waals surface area contributed by atoms with Crippen LogP contribution in [0.3, 0.4) is 0 Å². The Bertz CT molecular complexity index is 987. The van der Waals surface area contributed by atoms with Crippen LogP contribution in [0.4, 0.5) is 11.4 Å². The van der Waals surface area contributed by atoms with Gasteiger partial charge in [0.15, 0.2) is 0 Å². The number of benzene rings is 2. The molecule has 0 saturated heterocycles. The summed E-state index contributed by atoms with van der Waals surface area (Å²) in [7, 11) is -0.697. The molecule has 0 spiro atoms. The number of nitrogens with zero attached hydrogens (tertiary/aromatic N) is 1. The first-order valence-electron chi connectivity index (χ1n) is 7.68. The Hall–Kier alpha value is -2.36. The van der Waals surface area contributed by atoms with Crippen LogP contribution in [0, 0.1) is 0 Å². The zero-order valence-electron chi connectivity index (χ0n) is 14.1. The maximum absolute atomic E-state index is 12.5. The van der Waals surface area contributed by atoms with E-state index in [1.807, 2.05) is 0 Å². The molecule has 0 fully saturated rings. The zero-order valence-corrected chi connectivity index (χ0v) is 15.8. The van der Waals surface area contributed by atoms with Crippen molar-refractivity contribution in [2.75, 3.05) is 30.5 Å². The van der Waals surface area contributed by atoms with E-state index < -0.39 is 15.9 Å². The fraction of sp³-hybridized carbons (Fsp3) is 0.176. The van der Waals surface area contributed by atoms with E-state index in [4.69, 9.17) is 0 Å². The van der Waals surface area contributed by atoms with E-state index in [9.17, 15) is 18.0 Å². The predicted octanol–water partition coefficient (Wildman–Crippen LogP) is 2.23. The van der Waals surface area contributed by atoms with E-state index in [0.717, 1.165) is 9.20 Å². The first-order valence-corrected chi connectivity index (χ1v) is 10.1. The molecule has 3 rings (SSSR count). The third kappa shape index (κ3) is 3.74. The van der Waals surface area contributed by atoms with Gasteiger partial charge >= 0.3 is 0 Å². The average Bonchev–Trinajstić information content (AvgIpc) is 2.61. The summed E-state index contributed by atoms with van der Waals surface area (Å²) in [4.78, 5) is 25.0. The molecule has 2 aromatic rings. The highest BCUT2D eigenvalue weighted by atomic mass is 32.2. The van der Waals surface area contributed by atoms with Crippen LogP contribution in [-0.2, 0) is 14.8 Å². The van der Waals surface area contributed by atoms with Gasteiger partial charge in [0.25, 0.3) is 5.91 Å². The molecule has 2 N–H and O–H groups in total. The first kappa shape index (κ1) is 18.4. The summed E-state index contributed by atoms with van der Waals surface area (Å²) in [6.45, 7) is 0. The van der Waals surface area contributed by atoms with E-state index >= 15 is 0 Å². The Balaban J connectivity index is 1.83. The van der Waals surface area contributed by atoms with Crippen LogP contribution in [0.1, 0.15) is 10.4 Å². The van der Waals surface area contributed by atoms with Gasteiger partial charge in [0.2, 0.25) is 15.9 Å². The molecule has 0 aliphatic carbocycles. The molecule has 136 valence electrons. The lowest BCUT2D eigenvalue weighted by atomic mass is 10.1. The van der Waals surface area contributed by atoms with Gasteiger partial charge in [0.1, 0.15) is 0 Å². The number of hydrogen-bond acceptors (Lipinski definition) is 5. The van der Waals surface area contributed by atoms with Crippen molar-refractivity contribution in [1.82, 2.24) is 4.31 Å². The fourth-order valence-electron chi connectivity index (χ4n) is 2.37. The van der Waals surface area contributed by atoms with Crippen molar-refractivity contribution >= 4 is 45.0 Å². The van der Waals surface area contributed by atoms with Gasteiger partial charge in [-0.3, -0.25) is 9.59 Å². The lowest BCUT2D eigenvalue weighted by Crippen LogP contribution is -2.22. The van der Waals surface area contributed by atoms with Gasteiger partial charge in [-0.2, -0.15) is 0 Å². The number of anilines is 2. The lowest BCUT2D eigenvalue weighted by Gasteiger charge is -2.17. The Morgan fingerprint density at radius 2 is 1.96 bits per heavy atom. The molecule has 1 heterocycles. The number of thioether (sulfide) groups is 1. The predicted molar refractivity (Wildman–Crippen MR) is 101 cm³/mol. The Labute approximate surface area is 155 Å². The number of sulfonamides is 1. The van der Waals surface area contributed by atoms with Gasteiger partial charge in [-0.15, -0.1) is 11.8 Å². The topological polar surface area (TPSA) is 95.6 Å². The largest absolute Gasteiger partial charge is 0.324 e. The van der Waals surface area contributed by atoms with Crippen molar-refractivity contribution in [1.29, 1.82) is 0 Å². The van der Waals surface area contributed by atoms with Crippen LogP contribution in [-0.4, -0.2) is 44.4 Å². The normalized spacial score (nSPS) is 13.9. The molecule has 0 radical (unpaired) electrons. The molecule has 0 saturated carbocycles. The summed E-state index contributed by atoms with van der Waals surface area (Å²) >= 11 is 1.41. The summed E-state index contributed by atoms with van der Waals surface area (Å²) in [5.41, 5.74) is 1.34. The molecule has 0 bridgehead atoms. The number of hydrogen-bond donors (Lipinski definition) is 2. The zero-order chi connectivity index (χ0) is 18.9. The molecular formula is C17H17N3O4S2. The minimum absolute atomic E-state index is 0.0920. The van der Waals surface area contributed by atoms with Crippen molar-refractivity contribution in [3.05, 3.63) is 48.0 Å². The van der Waals surface area contributed by atoms with E-state index in [1.54, 1.807) is 30.3 Å². The molecule has 7 nitrogen and oxygen atoms in total. The van der Waals surface area contributed by atoms with Crippen LogP contribution < -0.4 is 10.6 Å². The van der Waals surface area contributed by atoms with Crippen LogP contribution in [0.5, 0.6) is 0 Å². The summed E-state index contributed by atoms with van der Waals surface area (Å²) in [6, 6.07) is 11.1. The maximum atomic E-state index is 12.5. The molecule has 0 unspecified atom stereocenters. The highest BCUT2D eigenvalue weighted by Gasteiger charge is 2.19. The third-order valence-corrected chi connectivity index (χ3v) is 6.63. The highest BCUT2D eigenvalue weighted by Crippen LogP contribution is 2.32. The Morgan fingerprint density at radius 1 is 1.19 bits per heavy atom. The third-order valence-electron chi connectivity index (χ3n) is 3.75. The number of rotatable bonds is 4.